The van der Waals surface area contributed by atoms with Crippen LogP contribution in [-0.2, 0) is 4.79 Å². The molecular formula is C22H29N7O3. The van der Waals surface area contributed by atoms with Crippen LogP contribution in [0.25, 0.3) is 0 Å². The highest BCUT2D eigenvalue weighted by atomic mass is 16.5. The summed E-state index contributed by atoms with van der Waals surface area (Å²) >= 11 is 0. The summed E-state index contributed by atoms with van der Waals surface area (Å²) in [7, 11) is 1.76. The van der Waals surface area contributed by atoms with Crippen molar-refractivity contribution in [2.45, 2.75) is 57.3 Å². The van der Waals surface area contributed by atoms with Gasteiger partial charge in [-0.05, 0) is 51.2 Å². The monoisotopic (exact) mass is 439 g/mol. The predicted octanol–water partition coefficient (Wildman–Crippen LogP) is 1.69. The van der Waals surface area contributed by atoms with E-state index in [0.717, 1.165) is 19.3 Å². The summed E-state index contributed by atoms with van der Waals surface area (Å²) in [6.07, 6.45) is 7.35. The first-order valence-electron chi connectivity index (χ1n) is 10.8. The van der Waals surface area contributed by atoms with Gasteiger partial charge < -0.3 is 25.8 Å². The highest BCUT2D eigenvalue weighted by Crippen LogP contribution is 2.31. The molecule has 3 aliphatic rings. The average Bonchev–Trinajstić information content (AvgIpc) is 3.52. The molecule has 0 bridgehead atoms. The number of aliphatic hydroxyl groups excluding tert-OH is 1. The van der Waals surface area contributed by atoms with Gasteiger partial charge in [-0.25, -0.2) is 9.98 Å². The molecule has 2 saturated carbocycles. The van der Waals surface area contributed by atoms with Crippen molar-refractivity contribution in [2.24, 2.45) is 10.1 Å². The quantitative estimate of drug-likeness (QED) is 0.376. The molecule has 0 saturated heterocycles. The van der Waals surface area contributed by atoms with Gasteiger partial charge in [-0.3, -0.25) is 4.79 Å². The largest absolute Gasteiger partial charge is 0.473 e. The Balaban J connectivity index is 1.61. The molecule has 1 aliphatic heterocycles. The van der Waals surface area contributed by atoms with Gasteiger partial charge in [0.25, 0.3) is 5.91 Å². The van der Waals surface area contributed by atoms with E-state index in [4.69, 9.17) is 4.74 Å². The van der Waals surface area contributed by atoms with E-state index in [1.165, 1.54) is 5.01 Å². The molecule has 1 aromatic heterocycles. The molecule has 2 atom stereocenters. The van der Waals surface area contributed by atoms with E-state index in [1.807, 2.05) is 12.1 Å². The van der Waals surface area contributed by atoms with Gasteiger partial charge in [0.1, 0.15) is 23.4 Å². The molecule has 1 aromatic rings. The van der Waals surface area contributed by atoms with E-state index in [0.29, 0.717) is 47.5 Å². The van der Waals surface area contributed by atoms with Crippen molar-refractivity contribution in [3.63, 3.8) is 0 Å². The van der Waals surface area contributed by atoms with Gasteiger partial charge in [-0.1, -0.05) is 0 Å². The molecule has 2 heterocycles. The van der Waals surface area contributed by atoms with Crippen molar-refractivity contribution in [1.82, 2.24) is 20.6 Å². The highest BCUT2D eigenvalue weighted by Gasteiger charge is 2.29. The number of amidine groups is 1. The SMILES string of the molecule is C=NN1C(NC)=CC(Nc2cccnc2OC2CC2)=N/C1=C(/C)C(=O)N[C@H]1CC[C@H](O)C1. The van der Waals surface area contributed by atoms with E-state index < -0.39 is 0 Å². The van der Waals surface area contributed by atoms with Crippen LogP contribution in [0.5, 0.6) is 5.88 Å². The first-order chi connectivity index (χ1) is 15.5. The van der Waals surface area contributed by atoms with Crippen LogP contribution >= 0.6 is 0 Å². The molecule has 170 valence electrons. The summed E-state index contributed by atoms with van der Waals surface area (Å²) in [5.74, 6) is 1.71. The molecule has 0 spiro atoms. The normalized spacial score (nSPS) is 24.3. The van der Waals surface area contributed by atoms with Crippen LogP contribution < -0.4 is 20.7 Å². The van der Waals surface area contributed by atoms with Gasteiger partial charge in [0.2, 0.25) is 5.88 Å². The number of carbonyl (C=O) groups excluding carboxylic acids is 1. The second-order valence-corrected chi connectivity index (χ2v) is 8.11. The van der Waals surface area contributed by atoms with E-state index in [1.54, 1.807) is 26.2 Å². The third kappa shape index (κ3) is 4.91. The zero-order chi connectivity index (χ0) is 22.7. The number of aliphatic imine (C=N–C) groups is 1. The molecule has 1 amide bonds. The van der Waals surface area contributed by atoms with Gasteiger partial charge in [-0.15, -0.1) is 0 Å². The second-order valence-electron chi connectivity index (χ2n) is 8.11. The number of hydrogen-bond donors (Lipinski definition) is 4. The third-order valence-electron chi connectivity index (χ3n) is 5.58. The molecule has 0 aromatic carbocycles. The standard InChI is InChI=1S/C22H29N7O3/c1-13(21(31)26-14-6-7-15(30)11-14)20-28-18(12-19(23-2)29(20)24-3)27-17-5-4-10-25-22(17)32-16-8-9-16/h4-5,10,12,14-16,23,30H,3,6-9,11H2,1-2H3,(H,26,31)(H,27,28)/b20-13+/t14-,15-/m0/s1. The number of hydrogen-bond acceptors (Lipinski definition) is 9. The summed E-state index contributed by atoms with van der Waals surface area (Å²) < 4.78 is 5.89. The lowest BCUT2D eigenvalue weighted by atomic mass is 10.2. The highest BCUT2D eigenvalue weighted by molar-refractivity contribution is 6.06. The van der Waals surface area contributed by atoms with Crippen LogP contribution in [0.2, 0.25) is 0 Å². The lowest BCUT2D eigenvalue weighted by molar-refractivity contribution is -0.118. The zero-order valence-electron chi connectivity index (χ0n) is 18.3. The topological polar surface area (TPSA) is 123 Å². The predicted molar refractivity (Wildman–Crippen MR) is 122 cm³/mol. The number of aliphatic hydroxyl groups is 1. The smallest absolute Gasteiger partial charge is 0.250 e. The molecule has 2 aliphatic carbocycles. The maximum Gasteiger partial charge on any atom is 0.250 e. The first kappa shape index (κ1) is 21.8. The van der Waals surface area contributed by atoms with Crippen molar-refractivity contribution >= 4 is 24.1 Å². The maximum atomic E-state index is 12.9. The number of aromatic nitrogens is 1. The molecule has 32 heavy (non-hydrogen) atoms. The number of amides is 1. The van der Waals surface area contributed by atoms with Gasteiger partial charge in [0, 0.05) is 32.1 Å². The third-order valence-corrected chi connectivity index (χ3v) is 5.58. The Labute approximate surface area is 187 Å². The van der Waals surface area contributed by atoms with E-state index in [-0.39, 0.29) is 24.2 Å². The number of nitrogens with zero attached hydrogens (tertiary/aromatic N) is 4. The number of carbonyl (C=O) groups is 1. The first-order valence-corrected chi connectivity index (χ1v) is 10.8. The summed E-state index contributed by atoms with van der Waals surface area (Å²) in [6, 6.07) is 3.63. The summed E-state index contributed by atoms with van der Waals surface area (Å²) in [6.45, 7) is 5.32. The summed E-state index contributed by atoms with van der Waals surface area (Å²) in [4.78, 5) is 21.9. The fraction of sp³-hybridized carbons (Fsp3) is 0.455. The average molecular weight is 440 g/mol. The lowest BCUT2D eigenvalue weighted by Crippen LogP contribution is -2.37. The van der Waals surface area contributed by atoms with E-state index in [2.05, 4.69) is 37.7 Å². The molecule has 0 radical (unpaired) electrons. The summed E-state index contributed by atoms with van der Waals surface area (Å²) in [5.41, 5.74) is 1.07. The van der Waals surface area contributed by atoms with Crippen LogP contribution in [0.4, 0.5) is 5.69 Å². The Bertz CT molecular complexity index is 983. The van der Waals surface area contributed by atoms with Gasteiger partial charge in [-0.2, -0.15) is 10.1 Å². The second kappa shape index (κ2) is 9.39. The van der Waals surface area contributed by atoms with Crippen molar-refractivity contribution < 1.29 is 14.6 Å². The number of anilines is 1. The van der Waals surface area contributed by atoms with Crippen LogP contribution in [0.3, 0.4) is 0 Å². The van der Waals surface area contributed by atoms with Gasteiger partial charge >= 0.3 is 0 Å². The van der Waals surface area contributed by atoms with Gasteiger partial charge in [0.15, 0.2) is 5.82 Å². The Kier molecular flexibility index (Phi) is 6.40. The minimum atomic E-state index is -0.367. The van der Waals surface area contributed by atoms with Crippen LogP contribution in [0.15, 0.2) is 51.7 Å². The maximum absolute atomic E-state index is 12.9. The van der Waals surface area contributed by atoms with Crippen molar-refractivity contribution in [2.75, 3.05) is 12.4 Å². The zero-order valence-corrected chi connectivity index (χ0v) is 18.3. The fourth-order valence-electron chi connectivity index (χ4n) is 3.67. The fourth-order valence-corrected chi connectivity index (χ4v) is 3.67. The molecule has 0 unspecified atom stereocenters. The number of hydrazone groups is 1. The van der Waals surface area contributed by atoms with Crippen LogP contribution in [0, 0.1) is 0 Å². The Morgan fingerprint density at radius 1 is 1.34 bits per heavy atom. The van der Waals surface area contributed by atoms with Crippen LogP contribution in [0.1, 0.15) is 39.0 Å². The molecule has 4 rings (SSSR count). The number of ether oxygens (including phenoxy) is 1. The number of nitrogens with one attached hydrogen (secondary N) is 3. The minimum Gasteiger partial charge on any atom is -0.473 e. The van der Waals surface area contributed by atoms with E-state index in [9.17, 15) is 9.90 Å². The van der Waals surface area contributed by atoms with Crippen molar-refractivity contribution in [1.29, 1.82) is 0 Å². The molecular weight excluding hydrogens is 410 g/mol. The van der Waals surface area contributed by atoms with Crippen molar-refractivity contribution in [3.8, 4) is 5.88 Å². The van der Waals surface area contributed by atoms with Crippen molar-refractivity contribution in [3.05, 3.63) is 41.6 Å². The summed E-state index contributed by atoms with van der Waals surface area (Å²) in [5, 5.41) is 24.6. The van der Waals surface area contributed by atoms with Gasteiger partial charge in [0.05, 0.1) is 11.7 Å². The van der Waals surface area contributed by atoms with E-state index >= 15 is 0 Å². The number of pyridine rings is 1. The minimum absolute atomic E-state index is 0.0554. The molecule has 2 fully saturated rings. The Morgan fingerprint density at radius 2 is 2.16 bits per heavy atom. The lowest BCUT2D eigenvalue weighted by Gasteiger charge is -2.27. The Hall–Kier alpha value is -3.40. The molecule has 10 heteroatoms. The molecule has 10 nitrogen and oxygen atoms in total. The van der Waals surface area contributed by atoms with Crippen LogP contribution in [-0.4, -0.2) is 58.9 Å². The Morgan fingerprint density at radius 3 is 2.81 bits per heavy atom. The molecule has 4 N–H and O–H groups in total. The number of rotatable bonds is 7.